The van der Waals surface area contributed by atoms with Crippen molar-refractivity contribution in [3.8, 4) is 0 Å². The van der Waals surface area contributed by atoms with Crippen LogP contribution < -0.4 is 5.32 Å². The molecule has 0 amide bonds. The minimum absolute atomic E-state index is 0.258. The molecule has 5 nitrogen and oxygen atoms in total. The van der Waals surface area contributed by atoms with Crippen molar-refractivity contribution in [2.45, 2.75) is 11.0 Å². The van der Waals surface area contributed by atoms with Gasteiger partial charge in [0.15, 0.2) is 9.84 Å². The van der Waals surface area contributed by atoms with Gasteiger partial charge in [0.05, 0.1) is 17.6 Å². The number of ether oxygens (including phenoxy) is 1. The zero-order valence-corrected chi connectivity index (χ0v) is 10.7. The van der Waals surface area contributed by atoms with Crippen molar-refractivity contribution < 1.29 is 18.3 Å². The lowest BCUT2D eigenvalue weighted by atomic mass is 10.3. The molecule has 0 aromatic heterocycles. The number of aliphatic hydroxyl groups is 1. The second-order valence-corrected chi connectivity index (χ2v) is 5.80. The Hall–Kier alpha value is -1.11. The van der Waals surface area contributed by atoms with E-state index in [1.165, 1.54) is 19.2 Å². The van der Waals surface area contributed by atoms with Gasteiger partial charge in [-0.3, -0.25) is 0 Å². The van der Waals surface area contributed by atoms with E-state index in [9.17, 15) is 13.5 Å². The van der Waals surface area contributed by atoms with Gasteiger partial charge in [-0.05, 0) is 24.3 Å². The molecule has 0 heterocycles. The zero-order valence-electron chi connectivity index (χ0n) is 9.88. The molecule has 1 aromatic rings. The number of nitrogens with one attached hydrogen (secondary N) is 1. The number of hydrogen-bond acceptors (Lipinski definition) is 5. The van der Waals surface area contributed by atoms with Gasteiger partial charge in [-0.2, -0.15) is 0 Å². The highest BCUT2D eigenvalue weighted by Crippen LogP contribution is 2.13. The van der Waals surface area contributed by atoms with Crippen LogP contribution in [-0.4, -0.2) is 46.1 Å². The van der Waals surface area contributed by atoms with E-state index in [0.717, 1.165) is 11.9 Å². The smallest absolute Gasteiger partial charge is 0.175 e. The summed E-state index contributed by atoms with van der Waals surface area (Å²) in [6, 6.07) is 6.38. The maximum atomic E-state index is 11.2. The van der Waals surface area contributed by atoms with Gasteiger partial charge in [-0.1, -0.05) is 0 Å². The van der Waals surface area contributed by atoms with E-state index >= 15 is 0 Å². The molecule has 6 heteroatoms. The first-order chi connectivity index (χ1) is 7.93. The molecular weight excluding hydrogens is 242 g/mol. The van der Waals surface area contributed by atoms with Crippen molar-refractivity contribution in [2.75, 3.05) is 31.8 Å². The van der Waals surface area contributed by atoms with Crippen LogP contribution in [0.25, 0.3) is 0 Å². The van der Waals surface area contributed by atoms with Crippen LogP contribution in [-0.2, 0) is 14.6 Å². The van der Waals surface area contributed by atoms with Crippen molar-refractivity contribution in [3.05, 3.63) is 24.3 Å². The van der Waals surface area contributed by atoms with E-state index in [1.807, 2.05) is 0 Å². The van der Waals surface area contributed by atoms with E-state index in [-0.39, 0.29) is 11.5 Å². The fourth-order valence-electron chi connectivity index (χ4n) is 1.31. The lowest BCUT2D eigenvalue weighted by Gasteiger charge is -2.11. The largest absolute Gasteiger partial charge is 0.389 e. The standard InChI is InChI=1S/C11H17NO4S/c1-16-8-10(13)7-12-9-3-5-11(6-4-9)17(2,14)15/h3-6,10,12-13H,7-8H2,1-2H3. The highest BCUT2D eigenvalue weighted by molar-refractivity contribution is 7.90. The molecule has 1 unspecified atom stereocenters. The minimum atomic E-state index is -3.16. The summed E-state index contributed by atoms with van der Waals surface area (Å²) in [6.07, 6.45) is 0.576. The molecule has 0 fully saturated rings. The van der Waals surface area contributed by atoms with Gasteiger partial charge in [-0.15, -0.1) is 0 Å². The van der Waals surface area contributed by atoms with Gasteiger partial charge >= 0.3 is 0 Å². The van der Waals surface area contributed by atoms with Crippen LogP contribution in [0.3, 0.4) is 0 Å². The summed E-state index contributed by atoms with van der Waals surface area (Å²) in [5, 5.41) is 12.4. The maximum absolute atomic E-state index is 11.2. The van der Waals surface area contributed by atoms with Crippen molar-refractivity contribution in [1.29, 1.82) is 0 Å². The SMILES string of the molecule is COCC(O)CNc1ccc(S(C)(=O)=O)cc1. The first-order valence-electron chi connectivity index (χ1n) is 5.14. The first-order valence-corrected chi connectivity index (χ1v) is 7.03. The lowest BCUT2D eigenvalue weighted by molar-refractivity contribution is 0.0727. The Morgan fingerprint density at radius 1 is 1.35 bits per heavy atom. The number of aliphatic hydroxyl groups excluding tert-OH is 1. The summed E-state index contributed by atoms with van der Waals surface area (Å²) < 4.78 is 27.2. The van der Waals surface area contributed by atoms with E-state index in [2.05, 4.69) is 5.32 Å². The van der Waals surface area contributed by atoms with E-state index in [0.29, 0.717) is 6.54 Å². The van der Waals surface area contributed by atoms with Crippen molar-refractivity contribution in [2.24, 2.45) is 0 Å². The third kappa shape index (κ3) is 4.72. The van der Waals surface area contributed by atoms with Crippen LogP contribution in [0, 0.1) is 0 Å². The van der Waals surface area contributed by atoms with Crippen LogP contribution in [0.5, 0.6) is 0 Å². The normalized spacial score (nSPS) is 13.4. The van der Waals surface area contributed by atoms with Crippen LogP contribution in [0.15, 0.2) is 29.2 Å². The van der Waals surface area contributed by atoms with Crippen molar-refractivity contribution >= 4 is 15.5 Å². The number of benzene rings is 1. The molecule has 0 bridgehead atoms. The Morgan fingerprint density at radius 2 is 1.94 bits per heavy atom. The topological polar surface area (TPSA) is 75.6 Å². The van der Waals surface area contributed by atoms with Gasteiger partial charge in [0.25, 0.3) is 0 Å². The second kappa shape index (κ2) is 6.00. The molecular formula is C11H17NO4S. The number of hydrogen-bond donors (Lipinski definition) is 2. The molecule has 0 aliphatic rings. The summed E-state index contributed by atoms with van der Waals surface area (Å²) >= 11 is 0. The van der Waals surface area contributed by atoms with Gasteiger partial charge in [0.1, 0.15) is 0 Å². The van der Waals surface area contributed by atoms with Crippen LogP contribution in [0.4, 0.5) is 5.69 Å². The Balaban J connectivity index is 2.57. The highest BCUT2D eigenvalue weighted by atomic mass is 32.2. The Kier molecular flexibility index (Phi) is 4.92. The molecule has 17 heavy (non-hydrogen) atoms. The first kappa shape index (κ1) is 14.0. The van der Waals surface area contributed by atoms with Gasteiger partial charge in [0.2, 0.25) is 0 Å². The molecule has 0 spiro atoms. The third-order valence-corrected chi connectivity index (χ3v) is 3.31. The summed E-state index contributed by atoms with van der Waals surface area (Å²) in [7, 11) is -1.64. The summed E-state index contributed by atoms with van der Waals surface area (Å²) in [5.74, 6) is 0. The fraction of sp³-hybridized carbons (Fsp3) is 0.455. The number of sulfone groups is 1. The maximum Gasteiger partial charge on any atom is 0.175 e. The molecule has 1 atom stereocenters. The fourth-order valence-corrected chi connectivity index (χ4v) is 1.94. The molecule has 0 radical (unpaired) electrons. The van der Waals surface area contributed by atoms with E-state index < -0.39 is 15.9 Å². The van der Waals surface area contributed by atoms with Gasteiger partial charge in [0, 0.05) is 25.6 Å². The Morgan fingerprint density at radius 3 is 2.41 bits per heavy atom. The Bertz CT molecular complexity index is 441. The Labute approximate surface area is 101 Å². The van der Waals surface area contributed by atoms with Crippen LogP contribution >= 0.6 is 0 Å². The zero-order chi connectivity index (χ0) is 12.9. The quantitative estimate of drug-likeness (QED) is 0.778. The minimum Gasteiger partial charge on any atom is -0.389 e. The van der Waals surface area contributed by atoms with E-state index in [4.69, 9.17) is 4.74 Å². The average Bonchev–Trinajstić information content (AvgIpc) is 2.26. The molecule has 0 saturated heterocycles. The van der Waals surface area contributed by atoms with Crippen LogP contribution in [0.2, 0.25) is 0 Å². The van der Waals surface area contributed by atoms with Crippen LogP contribution in [0.1, 0.15) is 0 Å². The number of methoxy groups -OCH3 is 1. The van der Waals surface area contributed by atoms with Crippen molar-refractivity contribution in [3.63, 3.8) is 0 Å². The molecule has 0 aliphatic carbocycles. The molecule has 0 saturated carbocycles. The predicted molar refractivity (Wildman–Crippen MR) is 65.9 cm³/mol. The monoisotopic (exact) mass is 259 g/mol. The average molecular weight is 259 g/mol. The van der Waals surface area contributed by atoms with E-state index in [1.54, 1.807) is 12.1 Å². The predicted octanol–water partition coefficient (Wildman–Crippen LogP) is 0.509. The molecule has 0 aliphatic heterocycles. The molecule has 1 aromatic carbocycles. The molecule has 96 valence electrons. The summed E-state index contributed by atoms with van der Waals surface area (Å²) in [4.78, 5) is 0.278. The van der Waals surface area contributed by atoms with Gasteiger partial charge in [-0.25, -0.2) is 8.42 Å². The molecule has 1 rings (SSSR count). The number of rotatable bonds is 6. The van der Waals surface area contributed by atoms with Crippen molar-refractivity contribution in [1.82, 2.24) is 0 Å². The third-order valence-electron chi connectivity index (χ3n) is 2.18. The van der Waals surface area contributed by atoms with Gasteiger partial charge < -0.3 is 15.2 Å². The highest BCUT2D eigenvalue weighted by Gasteiger charge is 2.07. The lowest BCUT2D eigenvalue weighted by Crippen LogP contribution is -2.24. The summed E-state index contributed by atoms with van der Waals surface area (Å²) in [5.41, 5.74) is 0.757. The second-order valence-electron chi connectivity index (χ2n) is 3.79. The summed E-state index contributed by atoms with van der Waals surface area (Å²) in [6.45, 7) is 0.612. The number of anilines is 1. The molecule has 2 N–H and O–H groups in total.